The third-order valence-corrected chi connectivity index (χ3v) is 8.66. The predicted octanol–water partition coefficient (Wildman–Crippen LogP) is 5.04. The summed E-state index contributed by atoms with van der Waals surface area (Å²) in [5, 5.41) is 9.61. The van der Waals surface area contributed by atoms with E-state index in [2.05, 4.69) is 27.0 Å². The van der Waals surface area contributed by atoms with Crippen LogP contribution in [0.15, 0.2) is 42.6 Å². The number of piperidine rings is 1. The van der Waals surface area contributed by atoms with Gasteiger partial charge in [-0.05, 0) is 81.0 Å². The number of nitrogens with one attached hydrogen (secondary N) is 1. The average molecular weight is 461 g/mol. The lowest BCUT2D eigenvalue weighted by atomic mass is 9.54. The van der Waals surface area contributed by atoms with Crippen LogP contribution in [0.4, 0.5) is 5.82 Å². The van der Waals surface area contributed by atoms with Gasteiger partial charge in [0.05, 0.1) is 29.2 Å². The van der Waals surface area contributed by atoms with Gasteiger partial charge in [0.15, 0.2) is 0 Å². The molecule has 2 bridgehead atoms. The summed E-state index contributed by atoms with van der Waals surface area (Å²) in [4.78, 5) is 26.8. The fourth-order valence-electron chi connectivity index (χ4n) is 6.15. The Kier molecular flexibility index (Phi) is 5.32. The molecule has 3 heterocycles. The summed E-state index contributed by atoms with van der Waals surface area (Å²) in [5.74, 6) is 1.26. The molecule has 7 nitrogen and oxygen atoms in total. The molecule has 0 atom stereocenters. The zero-order valence-corrected chi connectivity index (χ0v) is 19.5. The van der Waals surface area contributed by atoms with Crippen molar-refractivity contribution in [2.45, 2.75) is 57.5 Å². The number of hydrogen-bond acceptors (Lipinski definition) is 5. The summed E-state index contributed by atoms with van der Waals surface area (Å²) in [7, 11) is 0. The molecule has 0 radical (unpaired) electrons. The Morgan fingerprint density at radius 3 is 2.44 bits per heavy atom. The van der Waals surface area contributed by atoms with E-state index in [4.69, 9.17) is 9.72 Å². The van der Waals surface area contributed by atoms with Gasteiger partial charge in [0.2, 0.25) is 0 Å². The first kappa shape index (κ1) is 21.6. The van der Waals surface area contributed by atoms with E-state index in [1.165, 1.54) is 0 Å². The quantitative estimate of drug-likeness (QED) is 0.536. The van der Waals surface area contributed by atoms with E-state index >= 15 is 0 Å². The molecule has 178 valence electrons. The van der Waals surface area contributed by atoms with E-state index in [9.17, 15) is 9.90 Å². The summed E-state index contributed by atoms with van der Waals surface area (Å²) in [6.07, 6.45) is 9.65. The van der Waals surface area contributed by atoms with Gasteiger partial charge in [-0.3, -0.25) is 4.79 Å². The summed E-state index contributed by atoms with van der Waals surface area (Å²) in [5.41, 5.74) is 2.75. The molecule has 2 aromatic heterocycles. The number of H-pyrrole nitrogens is 1. The number of aromatic amines is 1. The number of para-hydroxylation sites is 2. The molecule has 34 heavy (non-hydrogen) atoms. The second kappa shape index (κ2) is 8.38. The van der Waals surface area contributed by atoms with Crippen LogP contribution >= 0.6 is 0 Å². The van der Waals surface area contributed by atoms with Gasteiger partial charge < -0.3 is 19.7 Å². The molecule has 4 fully saturated rings. The van der Waals surface area contributed by atoms with Crippen LogP contribution in [-0.4, -0.2) is 51.8 Å². The maximum Gasteiger partial charge on any atom is 0.309 e. The largest absolute Gasteiger partial charge is 0.481 e. The van der Waals surface area contributed by atoms with Crippen molar-refractivity contribution in [3.63, 3.8) is 0 Å². The molecule has 2 N–H and O–H groups in total. The van der Waals surface area contributed by atoms with E-state index in [-0.39, 0.29) is 11.5 Å². The average Bonchev–Trinajstić information content (AvgIpc) is 3.33. The molecular formula is C27H32N4O3. The molecule has 7 heteroatoms. The highest BCUT2D eigenvalue weighted by molar-refractivity contribution is 5.79. The van der Waals surface area contributed by atoms with Crippen LogP contribution in [0.3, 0.4) is 0 Å². The maximum absolute atomic E-state index is 11.7. The summed E-state index contributed by atoms with van der Waals surface area (Å²) in [6.45, 7) is 2.67. The minimum Gasteiger partial charge on any atom is -0.481 e. The normalized spacial score (nSPS) is 27.4. The van der Waals surface area contributed by atoms with Crippen LogP contribution in [0.5, 0.6) is 0 Å². The van der Waals surface area contributed by atoms with Crippen molar-refractivity contribution in [1.82, 2.24) is 15.0 Å². The van der Waals surface area contributed by atoms with Crippen molar-refractivity contribution in [3.8, 4) is 11.4 Å². The number of benzene rings is 1. The van der Waals surface area contributed by atoms with Gasteiger partial charge in [0.1, 0.15) is 11.6 Å². The first-order valence-electron chi connectivity index (χ1n) is 12.6. The summed E-state index contributed by atoms with van der Waals surface area (Å²) in [6, 6.07) is 12.2. The van der Waals surface area contributed by atoms with Crippen LogP contribution in [0, 0.1) is 10.8 Å². The number of rotatable bonds is 6. The second-order valence-electron chi connectivity index (χ2n) is 10.6. The molecule has 4 aliphatic rings. The highest BCUT2D eigenvalue weighted by Crippen LogP contribution is 2.57. The highest BCUT2D eigenvalue weighted by atomic mass is 16.5. The Balaban J connectivity index is 1.02. The number of fused-ring (bicyclic) bond motifs is 4. The fourth-order valence-corrected chi connectivity index (χ4v) is 6.15. The number of carboxylic acid groups (broad SMARTS) is 1. The van der Waals surface area contributed by atoms with Crippen LogP contribution in [-0.2, 0) is 9.53 Å². The molecule has 0 spiro atoms. The third kappa shape index (κ3) is 3.86. The predicted molar refractivity (Wildman–Crippen MR) is 131 cm³/mol. The Morgan fingerprint density at radius 2 is 1.79 bits per heavy atom. The van der Waals surface area contributed by atoms with E-state index in [1.54, 1.807) is 0 Å². The maximum atomic E-state index is 11.7. The van der Waals surface area contributed by atoms with Crippen molar-refractivity contribution < 1.29 is 14.6 Å². The summed E-state index contributed by atoms with van der Waals surface area (Å²) < 4.78 is 6.42. The zero-order chi connectivity index (χ0) is 23.2. The van der Waals surface area contributed by atoms with E-state index in [1.807, 2.05) is 30.5 Å². The number of carbonyl (C=O) groups is 1. The Hall–Kier alpha value is -2.93. The molecule has 7 rings (SSSR count). The number of hydrogen-bond donors (Lipinski definition) is 2. The van der Waals surface area contributed by atoms with Crippen LogP contribution in [0.1, 0.15) is 51.4 Å². The first-order valence-corrected chi connectivity index (χ1v) is 12.6. The number of carboxylic acids is 1. The van der Waals surface area contributed by atoms with Crippen molar-refractivity contribution >= 4 is 22.8 Å². The molecule has 0 unspecified atom stereocenters. The van der Waals surface area contributed by atoms with Gasteiger partial charge in [0.25, 0.3) is 0 Å². The fraction of sp³-hybridized carbons (Fsp3) is 0.519. The number of aromatic nitrogens is 3. The number of ether oxygens (including phenoxy) is 1. The second-order valence-corrected chi connectivity index (χ2v) is 10.6. The summed E-state index contributed by atoms with van der Waals surface area (Å²) >= 11 is 0. The molecule has 1 aliphatic heterocycles. The van der Waals surface area contributed by atoms with E-state index in [0.717, 1.165) is 99.3 Å². The van der Waals surface area contributed by atoms with Crippen LogP contribution in [0.2, 0.25) is 0 Å². The Bertz CT molecular complexity index is 1120. The van der Waals surface area contributed by atoms with E-state index < -0.39 is 11.4 Å². The highest BCUT2D eigenvalue weighted by Gasteiger charge is 2.52. The number of anilines is 1. The van der Waals surface area contributed by atoms with E-state index in [0.29, 0.717) is 0 Å². The van der Waals surface area contributed by atoms with Gasteiger partial charge in [-0.15, -0.1) is 0 Å². The van der Waals surface area contributed by atoms with Crippen LogP contribution in [0.25, 0.3) is 22.4 Å². The number of pyridine rings is 1. The van der Waals surface area contributed by atoms with Gasteiger partial charge >= 0.3 is 5.97 Å². The molecule has 3 aliphatic carbocycles. The van der Waals surface area contributed by atoms with Crippen molar-refractivity contribution in [2.75, 3.05) is 24.6 Å². The lowest BCUT2D eigenvalue weighted by Gasteiger charge is -2.51. The Labute approximate surface area is 199 Å². The molecule has 1 saturated heterocycles. The SMILES string of the molecule is O=C(O)C12CCC(COC3CCN(c4ccc(-c5nc6ccccc6[nH]5)cn4)CC3)(CC1)CC2. The van der Waals surface area contributed by atoms with Crippen molar-refractivity contribution in [2.24, 2.45) is 10.8 Å². The molecule has 0 amide bonds. The van der Waals surface area contributed by atoms with Gasteiger partial charge in [0, 0.05) is 24.8 Å². The van der Waals surface area contributed by atoms with Crippen molar-refractivity contribution in [3.05, 3.63) is 42.6 Å². The number of aliphatic carboxylic acids is 1. The topological polar surface area (TPSA) is 91.3 Å². The molecule has 3 aromatic rings. The van der Waals surface area contributed by atoms with Crippen LogP contribution < -0.4 is 4.90 Å². The molecular weight excluding hydrogens is 428 g/mol. The number of imidazole rings is 1. The van der Waals surface area contributed by atoms with Crippen molar-refractivity contribution in [1.29, 1.82) is 0 Å². The third-order valence-electron chi connectivity index (χ3n) is 8.66. The molecule has 1 aromatic carbocycles. The standard InChI is InChI=1S/C27H32N4O3/c32-25(33)27-12-9-26(10-13-27,11-14-27)18-34-20-7-15-31(16-8-20)23-6-5-19(17-28-23)24-29-21-3-1-2-4-22(21)30-24/h1-6,17,20H,7-16,18H2,(H,29,30)(H,32,33). The van der Waals surface area contributed by atoms with Gasteiger partial charge in [-0.1, -0.05) is 12.1 Å². The lowest BCUT2D eigenvalue weighted by Crippen LogP contribution is -2.48. The van der Waals surface area contributed by atoms with Gasteiger partial charge in [-0.2, -0.15) is 0 Å². The zero-order valence-electron chi connectivity index (χ0n) is 19.5. The smallest absolute Gasteiger partial charge is 0.309 e. The first-order chi connectivity index (χ1) is 16.5. The minimum absolute atomic E-state index is 0.211. The number of nitrogens with zero attached hydrogens (tertiary/aromatic N) is 3. The minimum atomic E-state index is -0.590. The Morgan fingerprint density at radius 1 is 1.06 bits per heavy atom. The lowest BCUT2D eigenvalue weighted by molar-refractivity contribution is -0.162. The molecule has 3 saturated carbocycles. The monoisotopic (exact) mass is 460 g/mol. The van der Waals surface area contributed by atoms with Gasteiger partial charge in [-0.25, -0.2) is 9.97 Å².